The van der Waals surface area contributed by atoms with E-state index in [-0.39, 0.29) is 54.8 Å². The van der Waals surface area contributed by atoms with E-state index in [2.05, 4.69) is 40.1 Å². The van der Waals surface area contributed by atoms with Crippen molar-refractivity contribution in [3.05, 3.63) is 107 Å². The zero-order chi connectivity index (χ0) is 23.0. The van der Waals surface area contributed by atoms with E-state index in [9.17, 15) is 8.78 Å². The summed E-state index contributed by atoms with van der Waals surface area (Å²) in [5.74, 6) is -0.354. The van der Waals surface area contributed by atoms with Crippen LogP contribution in [0.5, 0.6) is 0 Å². The van der Waals surface area contributed by atoms with Gasteiger partial charge in [-0.3, -0.25) is 4.90 Å². The fourth-order valence-corrected chi connectivity index (χ4v) is 4.94. The summed E-state index contributed by atoms with van der Waals surface area (Å²) in [6, 6.07) is 24.4. The number of hydrogen-bond acceptors (Lipinski definition) is 3. The van der Waals surface area contributed by atoms with Crippen LogP contribution in [0.25, 0.3) is 0 Å². The molecule has 3 aromatic rings. The average Bonchev–Trinajstić information content (AvgIpc) is 2.85. The summed E-state index contributed by atoms with van der Waals surface area (Å²) in [7, 11) is 0. The Bertz CT molecular complexity index is 946. The molecule has 0 amide bonds. The molecule has 1 unspecified atom stereocenters. The maximum absolute atomic E-state index is 13.5. The molecule has 1 fully saturated rings. The predicted octanol–water partition coefficient (Wildman–Crippen LogP) is 6.46. The van der Waals surface area contributed by atoms with Crippen LogP contribution in [-0.2, 0) is 0 Å². The van der Waals surface area contributed by atoms with E-state index >= 15 is 0 Å². The van der Waals surface area contributed by atoms with Crippen molar-refractivity contribution in [1.82, 2.24) is 9.80 Å². The van der Waals surface area contributed by atoms with Crippen molar-refractivity contribution >= 4 is 37.2 Å². The van der Waals surface area contributed by atoms with Gasteiger partial charge in [0.05, 0.1) is 0 Å². The first-order chi connectivity index (χ1) is 16.1. The molecule has 4 rings (SSSR count). The molecule has 0 spiro atoms. The molecule has 1 saturated heterocycles. The highest BCUT2D eigenvalue weighted by Crippen LogP contribution is 2.31. The molecule has 2 N–H and O–H groups in total. The van der Waals surface area contributed by atoms with Crippen LogP contribution in [0.4, 0.5) is 8.78 Å². The van der Waals surface area contributed by atoms with Crippen molar-refractivity contribution in [2.24, 2.45) is 5.73 Å². The normalized spacial score (nSPS) is 16.1. The first kappa shape index (κ1) is 32.3. The fraction of sp³-hybridized carbons (Fsp3) is 0.357. The smallest absolute Gasteiger partial charge is 0.123 e. The quantitative estimate of drug-likeness (QED) is 0.327. The van der Waals surface area contributed by atoms with Gasteiger partial charge in [-0.05, 0) is 60.3 Å². The third-order valence-electron chi connectivity index (χ3n) is 6.69. The van der Waals surface area contributed by atoms with Crippen LogP contribution < -0.4 is 5.73 Å². The van der Waals surface area contributed by atoms with Gasteiger partial charge in [-0.1, -0.05) is 54.6 Å². The second-order valence-corrected chi connectivity index (χ2v) is 8.85. The monoisotopic (exact) mass is 557 g/mol. The van der Waals surface area contributed by atoms with Crippen LogP contribution in [0, 0.1) is 11.6 Å². The zero-order valence-electron chi connectivity index (χ0n) is 20.3. The number of piperazine rings is 1. The number of rotatable bonds is 9. The molecule has 1 aliphatic heterocycles. The van der Waals surface area contributed by atoms with Crippen LogP contribution in [0.15, 0.2) is 78.9 Å². The maximum atomic E-state index is 13.5. The molecule has 0 radical (unpaired) electrons. The molecule has 3 nitrogen and oxygen atoms in total. The number of nitrogens with two attached hydrogens (primary N) is 1. The summed E-state index contributed by atoms with van der Waals surface area (Å²) < 4.78 is 27.0. The van der Waals surface area contributed by atoms with Crippen LogP contribution >= 0.6 is 37.2 Å². The Kier molecular flexibility index (Phi) is 14.5. The maximum Gasteiger partial charge on any atom is 0.123 e. The Morgan fingerprint density at radius 1 is 0.750 bits per heavy atom. The number of hydrogen-bond donors (Lipinski definition) is 1. The van der Waals surface area contributed by atoms with Crippen LogP contribution in [0.3, 0.4) is 0 Å². The Hall–Kier alpha value is -1.73. The van der Waals surface area contributed by atoms with Crippen LogP contribution in [-0.4, -0.2) is 49.1 Å². The molecule has 198 valence electrons. The molecule has 1 atom stereocenters. The number of nitrogens with zero attached hydrogens (tertiary/aromatic N) is 2. The Labute approximate surface area is 232 Å². The van der Waals surface area contributed by atoms with E-state index in [1.807, 2.05) is 24.3 Å². The van der Waals surface area contributed by atoms with Gasteiger partial charge in [0.2, 0.25) is 0 Å². The Morgan fingerprint density at radius 3 is 1.83 bits per heavy atom. The highest BCUT2D eigenvalue weighted by Gasteiger charge is 2.27. The molecule has 36 heavy (non-hydrogen) atoms. The van der Waals surface area contributed by atoms with Crippen molar-refractivity contribution in [2.75, 3.05) is 39.3 Å². The molecular formula is C28H36Cl3F2N3. The average molecular weight is 559 g/mol. The summed E-state index contributed by atoms with van der Waals surface area (Å²) in [6.45, 7) is 5.60. The standard InChI is InChI=1S/C28H33F2N3.3ClH/c29-25-12-8-22(9-13-25)27(23-10-14-26(30)15-11-23)7-4-17-32-19-20-33(18-16-31)28(21-32)24-5-2-1-3-6-24;;;/h1-3,5-6,8-15,27-28H,4,7,16-21,31H2;3*1H. The van der Waals surface area contributed by atoms with Gasteiger partial charge >= 0.3 is 0 Å². The van der Waals surface area contributed by atoms with Crippen molar-refractivity contribution in [1.29, 1.82) is 0 Å². The lowest BCUT2D eigenvalue weighted by Gasteiger charge is -2.41. The van der Waals surface area contributed by atoms with Gasteiger partial charge in [0, 0.05) is 44.7 Å². The number of benzene rings is 3. The SMILES string of the molecule is Cl.Cl.Cl.NCCN1CCN(CCCC(c2ccc(F)cc2)c2ccc(F)cc2)CC1c1ccccc1. The van der Waals surface area contributed by atoms with E-state index in [0.717, 1.165) is 56.7 Å². The minimum atomic E-state index is -0.237. The third-order valence-corrected chi connectivity index (χ3v) is 6.69. The Balaban J connectivity index is 0.00000216. The van der Waals surface area contributed by atoms with Crippen LogP contribution in [0.2, 0.25) is 0 Å². The molecule has 0 bridgehead atoms. The van der Waals surface area contributed by atoms with Gasteiger partial charge in [0.1, 0.15) is 11.6 Å². The molecular weight excluding hydrogens is 523 g/mol. The molecule has 8 heteroatoms. The van der Waals surface area contributed by atoms with E-state index < -0.39 is 0 Å². The van der Waals surface area contributed by atoms with Crippen LogP contribution in [0.1, 0.15) is 41.5 Å². The summed E-state index contributed by atoms with van der Waals surface area (Å²) >= 11 is 0. The van der Waals surface area contributed by atoms with Crippen molar-refractivity contribution in [2.45, 2.75) is 24.8 Å². The highest BCUT2D eigenvalue weighted by molar-refractivity contribution is 5.86. The van der Waals surface area contributed by atoms with E-state index in [1.54, 1.807) is 0 Å². The third kappa shape index (κ3) is 8.69. The number of halogens is 5. The summed E-state index contributed by atoms with van der Waals surface area (Å²) in [5.41, 5.74) is 9.35. The molecule has 1 aliphatic rings. The molecule has 0 saturated carbocycles. The fourth-order valence-electron chi connectivity index (χ4n) is 4.94. The zero-order valence-corrected chi connectivity index (χ0v) is 22.7. The minimum absolute atomic E-state index is 0. The van der Waals surface area contributed by atoms with Gasteiger partial charge < -0.3 is 10.6 Å². The predicted molar refractivity (Wildman–Crippen MR) is 152 cm³/mol. The second kappa shape index (κ2) is 16.2. The molecule has 0 aromatic heterocycles. The second-order valence-electron chi connectivity index (χ2n) is 8.85. The van der Waals surface area contributed by atoms with E-state index in [4.69, 9.17) is 5.73 Å². The minimum Gasteiger partial charge on any atom is -0.329 e. The lowest BCUT2D eigenvalue weighted by molar-refractivity contribution is 0.0752. The molecule has 1 heterocycles. The highest BCUT2D eigenvalue weighted by atomic mass is 35.5. The summed E-state index contributed by atoms with van der Waals surface area (Å²) in [6.07, 6.45) is 1.94. The van der Waals surface area contributed by atoms with Crippen molar-refractivity contribution < 1.29 is 8.78 Å². The summed E-state index contributed by atoms with van der Waals surface area (Å²) in [5, 5.41) is 0. The van der Waals surface area contributed by atoms with Gasteiger partial charge in [0.25, 0.3) is 0 Å². The topological polar surface area (TPSA) is 32.5 Å². The van der Waals surface area contributed by atoms with Crippen molar-refractivity contribution in [3.63, 3.8) is 0 Å². The van der Waals surface area contributed by atoms with Crippen molar-refractivity contribution in [3.8, 4) is 0 Å². The first-order valence-corrected chi connectivity index (χ1v) is 11.9. The largest absolute Gasteiger partial charge is 0.329 e. The van der Waals surface area contributed by atoms with Gasteiger partial charge in [0.15, 0.2) is 0 Å². The molecule has 0 aliphatic carbocycles. The van der Waals surface area contributed by atoms with E-state index in [1.165, 1.54) is 29.8 Å². The lowest BCUT2D eigenvalue weighted by Crippen LogP contribution is -2.49. The van der Waals surface area contributed by atoms with E-state index in [0.29, 0.717) is 12.6 Å². The van der Waals surface area contributed by atoms with Gasteiger partial charge in [-0.25, -0.2) is 8.78 Å². The molecule has 3 aromatic carbocycles. The van der Waals surface area contributed by atoms with Gasteiger partial charge in [-0.2, -0.15) is 0 Å². The van der Waals surface area contributed by atoms with Gasteiger partial charge in [-0.15, -0.1) is 37.2 Å². The summed E-state index contributed by atoms with van der Waals surface area (Å²) in [4.78, 5) is 5.03. The Morgan fingerprint density at radius 2 is 1.31 bits per heavy atom. The first-order valence-electron chi connectivity index (χ1n) is 11.9. The lowest BCUT2D eigenvalue weighted by atomic mass is 9.87.